The van der Waals surface area contributed by atoms with Crippen molar-refractivity contribution < 1.29 is 8.83 Å². The lowest BCUT2D eigenvalue weighted by Gasteiger charge is -2.11. The Morgan fingerprint density at radius 3 is 1.42 bits per heavy atom. The summed E-state index contributed by atoms with van der Waals surface area (Å²) in [5.74, 6) is 0. The molecule has 0 fully saturated rings. The Morgan fingerprint density at radius 2 is 0.811 bits per heavy atom. The molecule has 3 heterocycles. The molecule has 0 saturated heterocycles. The fourth-order valence-corrected chi connectivity index (χ4v) is 8.71. The maximum Gasteiger partial charge on any atom is 0.143 e. The first-order chi connectivity index (χ1) is 26.3. The van der Waals surface area contributed by atoms with Crippen LogP contribution in [0.15, 0.2) is 185 Å². The van der Waals surface area contributed by atoms with Crippen molar-refractivity contribution in [3.8, 4) is 27.9 Å². The molecule has 9 aromatic carbocycles. The number of aromatic nitrogens is 1. The van der Waals surface area contributed by atoms with Crippen LogP contribution in [0.2, 0.25) is 0 Å². The maximum atomic E-state index is 6.52. The molecule has 12 aromatic rings. The van der Waals surface area contributed by atoms with Crippen LogP contribution < -0.4 is 0 Å². The lowest BCUT2D eigenvalue weighted by molar-refractivity contribution is 0.669. The minimum Gasteiger partial charge on any atom is -0.455 e. The lowest BCUT2D eigenvalue weighted by atomic mass is 9.98. The highest BCUT2D eigenvalue weighted by molar-refractivity contribution is 6.16. The van der Waals surface area contributed by atoms with Gasteiger partial charge in [-0.05, 0) is 81.2 Å². The molecular weight excluding hydrogens is 647 g/mol. The Kier molecular flexibility index (Phi) is 5.77. The molecule has 3 heteroatoms. The fraction of sp³-hybridized carbons (Fsp3) is 0. The van der Waals surface area contributed by atoms with Crippen LogP contribution in [0.4, 0.5) is 0 Å². The number of nitrogens with zero attached hydrogens (tertiary/aromatic N) is 1. The minimum atomic E-state index is 0.904. The van der Waals surface area contributed by atoms with Crippen LogP contribution in [-0.4, -0.2) is 4.57 Å². The third-order valence-electron chi connectivity index (χ3n) is 11.2. The predicted molar refractivity (Wildman–Crippen MR) is 221 cm³/mol. The van der Waals surface area contributed by atoms with E-state index in [0.29, 0.717) is 0 Å². The molecule has 0 atom stereocenters. The van der Waals surface area contributed by atoms with Crippen LogP contribution in [0.3, 0.4) is 0 Å². The molecule has 12 rings (SSSR count). The fourth-order valence-electron chi connectivity index (χ4n) is 8.71. The van der Waals surface area contributed by atoms with Crippen molar-refractivity contribution in [3.05, 3.63) is 176 Å². The Bertz CT molecular complexity index is 3290. The van der Waals surface area contributed by atoms with Crippen LogP contribution in [-0.2, 0) is 0 Å². The van der Waals surface area contributed by atoms with E-state index in [1.54, 1.807) is 0 Å². The number of hydrogen-bond donors (Lipinski definition) is 0. The summed E-state index contributed by atoms with van der Waals surface area (Å²) >= 11 is 0. The number of hydrogen-bond acceptors (Lipinski definition) is 2. The molecule has 0 aliphatic rings. The normalized spacial score (nSPS) is 12.2. The molecule has 0 saturated carbocycles. The highest BCUT2D eigenvalue weighted by Gasteiger charge is 2.19. The Labute approximate surface area is 303 Å². The van der Waals surface area contributed by atoms with Crippen molar-refractivity contribution in [1.82, 2.24) is 4.57 Å². The standard InChI is InChI=1S/C50H29NO2/c1-2-10-35-30(9-1)19-20-31-21-24-34(29-42(31)35)51-45-25-22-32(36-13-7-15-40-38-11-3-5-17-47(38)52-49(36)40)27-43(45)44-28-33(23-26-46(44)51)37-14-8-16-41-39-12-4-6-18-48(39)53-50(37)41/h1-29H. The molecule has 0 unspecified atom stereocenters. The number of benzene rings is 9. The van der Waals surface area contributed by atoms with E-state index in [1.165, 1.54) is 32.3 Å². The van der Waals surface area contributed by atoms with Crippen molar-refractivity contribution in [2.75, 3.05) is 0 Å². The molecule has 0 aliphatic heterocycles. The zero-order valence-corrected chi connectivity index (χ0v) is 28.5. The van der Waals surface area contributed by atoms with Crippen molar-refractivity contribution in [3.63, 3.8) is 0 Å². The summed E-state index contributed by atoms with van der Waals surface area (Å²) in [6.45, 7) is 0. The molecule has 3 nitrogen and oxygen atoms in total. The molecule has 0 spiro atoms. The van der Waals surface area contributed by atoms with Gasteiger partial charge in [-0.15, -0.1) is 0 Å². The van der Waals surface area contributed by atoms with Gasteiger partial charge in [0.2, 0.25) is 0 Å². The molecule has 0 N–H and O–H groups in total. The largest absolute Gasteiger partial charge is 0.455 e. The second-order valence-corrected chi connectivity index (χ2v) is 14.1. The first kappa shape index (κ1) is 28.6. The van der Waals surface area contributed by atoms with E-state index < -0.39 is 0 Å². The highest BCUT2D eigenvalue weighted by atomic mass is 16.3. The Balaban J connectivity index is 1.14. The summed E-state index contributed by atoms with van der Waals surface area (Å²) in [6.07, 6.45) is 0. The summed E-state index contributed by atoms with van der Waals surface area (Å²) in [7, 11) is 0. The van der Waals surface area contributed by atoms with Crippen LogP contribution in [0.5, 0.6) is 0 Å². The van der Waals surface area contributed by atoms with Gasteiger partial charge in [0, 0.05) is 49.1 Å². The lowest BCUT2D eigenvalue weighted by Crippen LogP contribution is -1.94. The average Bonchev–Trinajstić information content (AvgIpc) is 3.90. The second kappa shape index (κ2) is 10.7. The van der Waals surface area contributed by atoms with E-state index in [0.717, 1.165) is 82.9 Å². The van der Waals surface area contributed by atoms with Gasteiger partial charge in [-0.2, -0.15) is 0 Å². The number of rotatable bonds is 3. The van der Waals surface area contributed by atoms with Gasteiger partial charge in [0.15, 0.2) is 0 Å². The molecule has 3 aromatic heterocycles. The van der Waals surface area contributed by atoms with E-state index in [2.05, 4.69) is 156 Å². The topological polar surface area (TPSA) is 31.2 Å². The zero-order chi connectivity index (χ0) is 34.6. The minimum absolute atomic E-state index is 0.904. The zero-order valence-electron chi connectivity index (χ0n) is 28.5. The van der Waals surface area contributed by atoms with E-state index in [1.807, 2.05) is 24.3 Å². The predicted octanol–water partition coefficient (Wildman–Crippen LogP) is 14.2. The van der Waals surface area contributed by atoms with Gasteiger partial charge in [0.05, 0.1) is 11.0 Å². The van der Waals surface area contributed by atoms with Crippen molar-refractivity contribution >= 4 is 87.2 Å². The van der Waals surface area contributed by atoms with Gasteiger partial charge in [-0.1, -0.05) is 127 Å². The van der Waals surface area contributed by atoms with E-state index in [9.17, 15) is 0 Å². The number of fused-ring (bicyclic) bond motifs is 12. The summed E-state index contributed by atoms with van der Waals surface area (Å²) < 4.78 is 15.5. The summed E-state index contributed by atoms with van der Waals surface area (Å²) in [6, 6.07) is 63.2. The van der Waals surface area contributed by atoms with Crippen molar-refractivity contribution in [1.29, 1.82) is 0 Å². The quantitative estimate of drug-likeness (QED) is 0.175. The Morgan fingerprint density at radius 1 is 0.321 bits per heavy atom. The second-order valence-electron chi connectivity index (χ2n) is 14.1. The summed E-state index contributed by atoms with van der Waals surface area (Å²) in [4.78, 5) is 0. The van der Waals surface area contributed by atoms with E-state index >= 15 is 0 Å². The van der Waals surface area contributed by atoms with Gasteiger partial charge in [0.1, 0.15) is 22.3 Å². The average molecular weight is 676 g/mol. The van der Waals surface area contributed by atoms with Crippen LogP contribution in [0.1, 0.15) is 0 Å². The molecule has 0 amide bonds. The smallest absolute Gasteiger partial charge is 0.143 e. The number of furan rings is 2. The third-order valence-corrected chi connectivity index (χ3v) is 11.2. The van der Waals surface area contributed by atoms with Crippen molar-refractivity contribution in [2.24, 2.45) is 0 Å². The molecule has 0 bridgehead atoms. The highest BCUT2D eigenvalue weighted by Crippen LogP contribution is 2.42. The molecule has 0 aliphatic carbocycles. The van der Waals surface area contributed by atoms with Crippen molar-refractivity contribution in [2.45, 2.75) is 0 Å². The van der Waals surface area contributed by atoms with Crippen LogP contribution in [0.25, 0.3) is 115 Å². The first-order valence-electron chi connectivity index (χ1n) is 18.1. The molecule has 0 radical (unpaired) electrons. The molecule has 53 heavy (non-hydrogen) atoms. The van der Waals surface area contributed by atoms with E-state index in [-0.39, 0.29) is 0 Å². The third kappa shape index (κ3) is 4.10. The monoisotopic (exact) mass is 675 g/mol. The molecule has 246 valence electrons. The Hall–Kier alpha value is -7.10. The van der Waals surface area contributed by atoms with Gasteiger partial charge < -0.3 is 13.4 Å². The first-order valence-corrected chi connectivity index (χ1v) is 18.1. The van der Waals surface area contributed by atoms with Gasteiger partial charge in [0.25, 0.3) is 0 Å². The van der Waals surface area contributed by atoms with E-state index in [4.69, 9.17) is 8.83 Å². The van der Waals surface area contributed by atoms with Gasteiger partial charge >= 0.3 is 0 Å². The van der Waals surface area contributed by atoms with Crippen LogP contribution >= 0.6 is 0 Å². The summed E-state index contributed by atoms with van der Waals surface area (Å²) in [5.41, 5.74) is 11.5. The van der Waals surface area contributed by atoms with Gasteiger partial charge in [-0.25, -0.2) is 0 Å². The summed E-state index contributed by atoms with van der Waals surface area (Å²) in [5, 5.41) is 11.9. The SMILES string of the molecule is c1ccc2c(c1)ccc1ccc(-n3c4ccc(-c5cccc6c5oc5ccccc56)cc4c4cc(-c5cccc6c5oc5ccccc56)ccc43)cc12. The van der Waals surface area contributed by atoms with Crippen LogP contribution in [0, 0.1) is 0 Å². The van der Waals surface area contributed by atoms with Gasteiger partial charge in [-0.3, -0.25) is 0 Å². The number of para-hydroxylation sites is 4. The molecular formula is C50H29NO2. The maximum absolute atomic E-state index is 6.52.